The molecule has 1 aromatic carbocycles. The second-order valence-corrected chi connectivity index (χ2v) is 7.65. The monoisotopic (exact) mass is 359 g/mol. The molecule has 1 aromatic rings. The third-order valence-corrected chi connectivity index (χ3v) is 5.70. The van der Waals surface area contributed by atoms with Crippen molar-refractivity contribution in [2.24, 2.45) is 5.41 Å². The molecule has 2 saturated heterocycles. The molecule has 26 heavy (non-hydrogen) atoms. The van der Waals surface area contributed by atoms with E-state index in [2.05, 4.69) is 0 Å². The fourth-order valence-corrected chi connectivity index (χ4v) is 4.26. The summed E-state index contributed by atoms with van der Waals surface area (Å²) in [5.74, 6) is 0.262. The SMILES string of the molecule is CN(CC(=O)N1CCC[C@]2(CCC(=O)N(CCO)C2)C1)c1ccccc1. The van der Waals surface area contributed by atoms with Crippen LogP contribution in [0.5, 0.6) is 0 Å². The lowest BCUT2D eigenvalue weighted by Gasteiger charge is -2.48. The molecule has 3 rings (SSSR count). The van der Waals surface area contributed by atoms with Crippen molar-refractivity contribution in [3.63, 3.8) is 0 Å². The molecule has 0 bridgehead atoms. The Bertz CT molecular complexity index is 636. The van der Waals surface area contributed by atoms with E-state index in [0.717, 1.165) is 31.5 Å². The van der Waals surface area contributed by atoms with E-state index in [1.54, 1.807) is 4.90 Å². The second-order valence-electron chi connectivity index (χ2n) is 7.65. The van der Waals surface area contributed by atoms with Crippen molar-refractivity contribution >= 4 is 17.5 Å². The lowest BCUT2D eigenvalue weighted by atomic mass is 9.73. The first-order chi connectivity index (χ1) is 12.5. The number of β-amino-alcohol motifs (C(OH)–C–C–N with tert-alkyl or cyclic N) is 1. The highest BCUT2D eigenvalue weighted by atomic mass is 16.3. The molecule has 2 aliphatic heterocycles. The number of nitrogens with zero attached hydrogens (tertiary/aromatic N) is 3. The zero-order valence-corrected chi connectivity index (χ0v) is 15.6. The van der Waals surface area contributed by atoms with Crippen molar-refractivity contribution in [3.8, 4) is 0 Å². The highest BCUT2D eigenvalue weighted by Crippen LogP contribution is 2.38. The van der Waals surface area contributed by atoms with Crippen LogP contribution in [0, 0.1) is 5.41 Å². The third kappa shape index (κ3) is 4.18. The van der Waals surface area contributed by atoms with E-state index >= 15 is 0 Å². The van der Waals surface area contributed by atoms with Crippen LogP contribution in [0.1, 0.15) is 25.7 Å². The van der Waals surface area contributed by atoms with Crippen molar-refractivity contribution in [2.45, 2.75) is 25.7 Å². The Morgan fingerprint density at radius 1 is 1.23 bits per heavy atom. The van der Waals surface area contributed by atoms with E-state index in [-0.39, 0.29) is 23.8 Å². The minimum absolute atomic E-state index is 0.00760. The fraction of sp³-hybridized carbons (Fsp3) is 0.600. The van der Waals surface area contributed by atoms with Crippen molar-refractivity contribution in [2.75, 3.05) is 51.3 Å². The van der Waals surface area contributed by atoms with Crippen LogP contribution in [0.3, 0.4) is 0 Å². The molecule has 2 heterocycles. The molecule has 6 nitrogen and oxygen atoms in total. The number of rotatable bonds is 5. The number of piperidine rings is 2. The van der Waals surface area contributed by atoms with Gasteiger partial charge in [0.2, 0.25) is 11.8 Å². The quantitative estimate of drug-likeness (QED) is 0.862. The van der Waals surface area contributed by atoms with Gasteiger partial charge in [-0.15, -0.1) is 0 Å². The minimum atomic E-state index is -0.0116. The first-order valence-corrected chi connectivity index (χ1v) is 9.46. The Morgan fingerprint density at radius 2 is 2.00 bits per heavy atom. The number of aliphatic hydroxyl groups is 1. The smallest absolute Gasteiger partial charge is 0.242 e. The van der Waals surface area contributed by atoms with Gasteiger partial charge in [-0.2, -0.15) is 0 Å². The van der Waals surface area contributed by atoms with Crippen molar-refractivity contribution in [3.05, 3.63) is 30.3 Å². The summed E-state index contributed by atoms with van der Waals surface area (Å²) >= 11 is 0. The van der Waals surface area contributed by atoms with Crippen LogP contribution >= 0.6 is 0 Å². The standard InChI is InChI=1S/C20H29N3O3/c1-21(17-6-3-2-4-7-17)14-19(26)22-11-5-9-20(15-22)10-8-18(25)23(16-20)12-13-24/h2-4,6-7,24H,5,8-16H2,1H3/t20-/m0/s1. The average Bonchev–Trinajstić information content (AvgIpc) is 2.66. The van der Waals surface area contributed by atoms with Crippen LogP contribution in [-0.4, -0.2) is 73.1 Å². The highest BCUT2D eigenvalue weighted by Gasteiger charge is 2.42. The Kier molecular flexibility index (Phi) is 5.81. The number of likely N-dealkylation sites (tertiary alicyclic amines) is 2. The van der Waals surface area contributed by atoms with Gasteiger partial charge in [-0.05, 0) is 31.4 Å². The summed E-state index contributed by atoms with van der Waals surface area (Å²) in [4.78, 5) is 30.6. The van der Waals surface area contributed by atoms with E-state index in [1.165, 1.54) is 0 Å². The molecule has 142 valence electrons. The number of para-hydroxylation sites is 1. The fourth-order valence-electron chi connectivity index (χ4n) is 4.26. The molecular weight excluding hydrogens is 330 g/mol. The summed E-state index contributed by atoms with van der Waals surface area (Å²) < 4.78 is 0. The van der Waals surface area contributed by atoms with Gasteiger partial charge < -0.3 is 19.8 Å². The summed E-state index contributed by atoms with van der Waals surface area (Å²) in [5, 5.41) is 9.21. The predicted octanol–water partition coefficient (Wildman–Crippen LogP) is 1.35. The van der Waals surface area contributed by atoms with Gasteiger partial charge in [0, 0.05) is 50.7 Å². The molecule has 1 spiro atoms. The van der Waals surface area contributed by atoms with E-state index in [1.807, 2.05) is 47.2 Å². The second kappa shape index (κ2) is 8.08. The number of benzene rings is 1. The van der Waals surface area contributed by atoms with Gasteiger partial charge in [0.05, 0.1) is 13.2 Å². The molecule has 2 fully saturated rings. The molecule has 2 amide bonds. The maximum atomic E-state index is 12.8. The lowest BCUT2D eigenvalue weighted by Crippen LogP contribution is -2.56. The van der Waals surface area contributed by atoms with Gasteiger partial charge in [-0.3, -0.25) is 9.59 Å². The maximum Gasteiger partial charge on any atom is 0.242 e. The largest absolute Gasteiger partial charge is 0.395 e. The Labute approximate surface area is 155 Å². The molecule has 1 atom stereocenters. The molecule has 6 heteroatoms. The summed E-state index contributed by atoms with van der Waals surface area (Å²) in [5.41, 5.74) is 1.02. The Morgan fingerprint density at radius 3 is 2.73 bits per heavy atom. The zero-order chi connectivity index (χ0) is 18.6. The minimum Gasteiger partial charge on any atom is -0.395 e. The summed E-state index contributed by atoms with van der Waals surface area (Å²) in [6.07, 6.45) is 3.38. The number of aliphatic hydroxyl groups excluding tert-OH is 1. The van der Waals surface area contributed by atoms with E-state index < -0.39 is 0 Å². The average molecular weight is 359 g/mol. The molecule has 2 aliphatic rings. The van der Waals surface area contributed by atoms with E-state index in [0.29, 0.717) is 32.6 Å². The molecule has 0 aromatic heterocycles. The van der Waals surface area contributed by atoms with Gasteiger partial charge in [0.1, 0.15) is 0 Å². The molecule has 0 saturated carbocycles. The molecule has 0 unspecified atom stereocenters. The number of amides is 2. The summed E-state index contributed by atoms with van der Waals surface area (Å²) in [6.45, 7) is 2.91. The van der Waals surface area contributed by atoms with Gasteiger partial charge in [-0.1, -0.05) is 18.2 Å². The number of anilines is 1. The molecular formula is C20H29N3O3. The number of hydrogen-bond donors (Lipinski definition) is 1. The highest BCUT2D eigenvalue weighted by molar-refractivity contribution is 5.81. The lowest BCUT2D eigenvalue weighted by molar-refractivity contribution is -0.143. The number of carbonyl (C=O) groups is 2. The number of carbonyl (C=O) groups excluding carboxylic acids is 2. The van der Waals surface area contributed by atoms with E-state index in [4.69, 9.17) is 0 Å². The van der Waals surface area contributed by atoms with Crippen molar-refractivity contribution in [1.82, 2.24) is 9.80 Å². The van der Waals surface area contributed by atoms with Gasteiger partial charge >= 0.3 is 0 Å². The topological polar surface area (TPSA) is 64.1 Å². The first-order valence-electron chi connectivity index (χ1n) is 9.46. The zero-order valence-electron chi connectivity index (χ0n) is 15.6. The Balaban J connectivity index is 1.62. The normalized spacial score (nSPS) is 23.4. The van der Waals surface area contributed by atoms with Gasteiger partial charge in [0.25, 0.3) is 0 Å². The Hall–Kier alpha value is -2.08. The van der Waals surface area contributed by atoms with Crippen LogP contribution in [0.4, 0.5) is 5.69 Å². The van der Waals surface area contributed by atoms with Crippen LogP contribution in [0.15, 0.2) is 30.3 Å². The maximum absolute atomic E-state index is 12.8. The van der Waals surface area contributed by atoms with E-state index in [9.17, 15) is 14.7 Å². The molecule has 0 radical (unpaired) electrons. The predicted molar refractivity (Wildman–Crippen MR) is 101 cm³/mol. The first kappa shape index (κ1) is 18.7. The van der Waals surface area contributed by atoms with Gasteiger partial charge in [-0.25, -0.2) is 0 Å². The summed E-state index contributed by atoms with van der Waals surface area (Å²) in [7, 11) is 1.94. The van der Waals surface area contributed by atoms with Crippen LogP contribution < -0.4 is 4.90 Å². The van der Waals surface area contributed by atoms with Crippen molar-refractivity contribution in [1.29, 1.82) is 0 Å². The third-order valence-electron chi connectivity index (χ3n) is 5.70. The van der Waals surface area contributed by atoms with Crippen LogP contribution in [-0.2, 0) is 9.59 Å². The van der Waals surface area contributed by atoms with Gasteiger partial charge in [0.15, 0.2) is 0 Å². The van der Waals surface area contributed by atoms with Crippen molar-refractivity contribution < 1.29 is 14.7 Å². The number of likely N-dealkylation sites (N-methyl/N-ethyl adjacent to an activating group) is 1. The number of hydrogen-bond acceptors (Lipinski definition) is 4. The van der Waals surface area contributed by atoms with Crippen LogP contribution in [0.25, 0.3) is 0 Å². The summed E-state index contributed by atoms with van der Waals surface area (Å²) in [6, 6.07) is 9.92. The molecule has 1 N–H and O–H groups in total. The molecule has 0 aliphatic carbocycles. The van der Waals surface area contributed by atoms with Crippen LogP contribution in [0.2, 0.25) is 0 Å².